The third-order valence-corrected chi connectivity index (χ3v) is 4.19. The molecule has 4 rings (SSSR count). The van der Waals surface area contributed by atoms with E-state index in [9.17, 15) is 4.79 Å². The van der Waals surface area contributed by atoms with Gasteiger partial charge in [0.05, 0.1) is 17.5 Å². The minimum Gasteiger partial charge on any atom is -0.445 e. The van der Waals surface area contributed by atoms with Gasteiger partial charge in [0.25, 0.3) is 5.91 Å². The van der Waals surface area contributed by atoms with Crippen molar-refractivity contribution in [2.24, 2.45) is 0 Å². The molecule has 3 aromatic heterocycles. The molecule has 1 aliphatic carbocycles. The molecule has 0 aromatic carbocycles. The summed E-state index contributed by atoms with van der Waals surface area (Å²) in [7, 11) is 0. The molecule has 3 heterocycles. The first-order valence-electron chi connectivity index (χ1n) is 8.05. The highest BCUT2D eigenvalue weighted by molar-refractivity contribution is 6.08. The first-order valence-corrected chi connectivity index (χ1v) is 8.05. The molecule has 0 spiro atoms. The number of anilines is 1. The van der Waals surface area contributed by atoms with Gasteiger partial charge in [0, 0.05) is 12.5 Å². The molecule has 9 heteroatoms. The summed E-state index contributed by atoms with van der Waals surface area (Å²) in [6.07, 6.45) is 3.53. The van der Waals surface area contributed by atoms with E-state index in [1.54, 1.807) is 13.8 Å². The summed E-state index contributed by atoms with van der Waals surface area (Å²) in [5.74, 6) is 1.76. The van der Waals surface area contributed by atoms with E-state index in [4.69, 9.17) is 8.94 Å². The molecule has 0 bridgehead atoms. The van der Waals surface area contributed by atoms with Gasteiger partial charge in [-0.15, -0.1) is 0 Å². The monoisotopic (exact) mass is 342 g/mol. The van der Waals surface area contributed by atoms with Gasteiger partial charge >= 0.3 is 0 Å². The molecule has 25 heavy (non-hydrogen) atoms. The van der Waals surface area contributed by atoms with Crippen molar-refractivity contribution in [2.75, 3.05) is 5.32 Å². The second-order valence-electron chi connectivity index (χ2n) is 6.55. The highest BCUT2D eigenvalue weighted by Crippen LogP contribution is 2.39. The number of aryl methyl sites for hydroxylation is 2. The van der Waals surface area contributed by atoms with E-state index < -0.39 is 0 Å². The standard InChI is InChI=1S/C16H18N6O3/c1-8-18-13(21-16(3)4-5-16)12-10(7-24-15(12)19-8)14(23)17-6-11-20-9(2)25-22-11/h7H,4-6H2,1-3H3,(H,17,23)(H,18,19,21). The second kappa shape index (κ2) is 5.54. The van der Waals surface area contributed by atoms with E-state index in [1.807, 2.05) is 0 Å². The summed E-state index contributed by atoms with van der Waals surface area (Å²) in [6.45, 7) is 5.77. The summed E-state index contributed by atoms with van der Waals surface area (Å²) < 4.78 is 10.4. The van der Waals surface area contributed by atoms with E-state index >= 15 is 0 Å². The molecule has 0 atom stereocenters. The molecule has 1 amide bonds. The lowest BCUT2D eigenvalue weighted by Crippen LogP contribution is -2.24. The zero-order chi connectivity index (χ0) is 17.6. The van der Waals surface area contributed by atoms with Crippen molar-refractivity contribution in [1.82, 2.24) is 25.4 Å². The first-order chi connectivity index (χ1) is 11.9. The molecule has 0 aliphatic heterocycles. The third kappa shape index (κ3) is 3.04. The molecule has 1 fully saturated rings. The Morgan fingerprint density at radius 3 is 2.76 bits per heavy atom. The van der Waals surface area contributed by atoms with Crippen LogP contribution in [0.2, 0.25) is 0 Å². The normalized spacial score (nSPS) is 15.3. The van der Waals surface area contributed by atoms with Crippen LogP contribution in [0.15, 0.2) is 15.2 Å². The maximum Gasteiger partial charge on any atom is 0.255 e. The van der Waals surface area contributed by atoms with Crippen molar-refractivity contribution in [1.29, 1.82) is 0 Å². The molecule has 1 saturated carbocycles. The number of fused-ring (bicyclic) bond motifs is 1. The van der Waals surface area contributed by atoms with Crippen molar-refractivity contribution >= 4 is 22.8 Å². The van der Waals surface area contributed by atoms with Crippen LogP contribution in [0, 0.1) is 13.8 Å². The lowest BCUT2D eigenvalue weighted by molar-refractivity contribution is 0.0950. The summed E-state index contributed by atoms with van der Waals surface area (Å²) in [5, 5.41) is 10.5. The Morgan fingerprint density at radius 2 is 2.08 bits per heavy atom. The fourth-order valence-corrected chi connectivity index (χ4v) is 2.57. The van der Waals surface area contributed by atoms with E-state index in [1.165, 1.54) is 6.26 Å². The van der Waals surface area contributed by atoms with Crippen molar-refractivity contribution in [2.45, 2.75) is 45.7 Å². The Balaban J connectivity index is 1.63. The smallest absolute Gasteiger partial charge is 0.255 e. The van der Waals surface area contributed by atoms with Crippen LogP contribution in [0.1, 0.15) is 47.7 Å². The van der Waals surface area contributed by atoms with Gasteiger partial charge in [-0.2, -0.15) is 9.97 Å². The largest absolute Gasteiger partial charge is 0.445 e. The number of furan rings is 1. The Bertz CT molecular complexity index is 956. The number of carbonyl (C=O) groups is 1. The Kier molecular flexibility index (Phi) is 3.45. The molecule has 130 valence electrons. The molecule has 2 N–H and O–H groups in total. The fraction of sp³-hybridized carbons (Fsp3) is 0.438. The zero-order valence-electron chi connectivity index (χ0n) is 14.2. The van der Waals surface area contributed by atoms with Crippen LogP contribution < -0.4 is 10.6 Å². The number of nitrogens with zero attached hydrogens (tertiary/aromatic N) is 4. The first kappa shape index (κ1) is 15.6. The lowest BCUT2D eigenvalue weighted by Gasteiger charge is -2.13. The van der Waals surface area contributed by atoms with Gasteiger partial charge in [0.15, 0.2) is 5.82 Å². The Hall–Kier alpha value is -2.97. The van der Waals surface area contributed by atoms with Gasteiger partial charge in [-0.3, -0.25) is 4.79 Å². The number of nitrogens with one attached hydrogen (secondary N) is 2. The summed E-state index contributed by atoms with van der Waals surface area (Å²) in [6, 6.07) is 0. The number of rotatable bonds is 5. The maximum absolute atomic E-state index is 12.6. The summed E-state index contributed by atoms with van der Waals surface area (Å²) >= 11 is 0. The van der Waals surface area contributed by atoms with Gasteiger partial charge < -0.3 is 19.6 Å². The van der Waals surface area contributed by atoms with E-state index in [0.29, 0.717) is 40.0 Å². The van der Waals surface area contributed by atoms with Crippen molar-refractivity contribution in [3.05, 3.63) is 29.4 Å². The number of aromatic nitrogens is 4. The van der Waals surface area contributed by atoms with Crippen molar-refractivity contribution in [3.8, 4) is 0 Å². The van der Waals surface area contributed by atoms with Gasteiger partial charge in [0.2, 0.25) is 11.6 Å². The lowest BCUT2D eigenvalue weighted by atomic mass is 10.2. The van der Waals surface area contributed by atoms with Gasteiger partial charge in [-0.25, -0.2) is 4.98 Å². The van der Waals surface area contributed by atoms with Gasteiger partial charge in [0.1, 0.15) is 17.9 Å². The predicted molar refractivity (Wildman–Crippen MR) is 88.0 cm³/mol. The number of amides is 1. The van der Waals surface area contributed by atoms with E-state index in [2.05, 4.69) is 37.7 Å². The molecule has 0 unspecified atom stereocenters. The summed E-state index contributed by atoms with van der Waals surface area (Å²) in [4.78, 5) is 25.4. The van der Waals surface area contributed by atoms with Crippen molar-refractivity contribution < 1.29 is 13.7 Å². The molecule has 9 nitrogen and oxygen atoms in total. The Labute approximate surface area is 143 Å². The predicted octanol–water partition coefficient (Wildman–Crippen LogP) is 2.12. The molecular weight excluding hydrogens is 324 g/mol. The van der Waals surface area contributed by atoms with E-state index in [0.717, 1.165) is 12.8 Å². The average molecular weight is 342 g/mol. The molecular formula is C16H18N6O3. The molecule has 0 radical (unpaired) electrons. The van der Waals surface area contributed by atoms with Crippen LogP contribution in [0.5, 0.6) is 0 Å². The Morgan fingerprint density at radius 1 is 1.28 bits per heavy atom. The SMILES string of the molecule is Cc1nc(NC2(C)CC2)c2c(C(=O)NCc3noc(C)n3)coc2n1. The van der Waals surface area contributed by atoms with Crippen LogP contribution in [-0.4, -0.2) is 31.6 Å². The van der Waals surface area contributed by atoms with Crippen LogP contribution in [0.4, 0.5) is 5.82 Å². The van der Waals surface area contributed by atoms with Crippen LogP contribution in [0.3, 0.4) is 0 Å². The van der Waals surface area contributed by atoms with Crippen LogP contribution >= 0.6 is 0 Å². The zero-order valence-corrected chi connectivity index (χ0v) is 14.2. The van der Waals surface area contributed by atoms with Crippen LogP contribution in [0.25, 0.3) is 11.1 Å². The maximum atomic E-state index is 12.6. The van der Waals surface area contributed by atoms with Crippen LogP contribution in [-0.2, 0) is 6.54 Å². The minimum atomic E-state index is -0.308. The number of hydrogen-bond donors (Lipinski definition) is 2. The third-order valence-electron chi connectivity index (χ3n) is 4.19. The highest BCUT2D eigenvalue weighted by atomic mass is 16.5. The second-order valence-corrected chi connectivity index (χ2v) is 6.55. The summed E-state index contributed by atoms with van der Waals surface area (Å²) in [5.41, 5.74) is 0.780. The molecule has 0 saturated heterocycles. The average Bonchev–Trinajstić information content (AvgIpc) is 2.97. The number of hydrogen-bond acceptors (Lipinski definition) is 8. The quantitative estimate of drug-likeness (QED) is 0.723. The fourth-order valence-electron chi connectivity index (χ4n) is 2.57. The van der Waals surface area contributed by atoms with Gasteiger partial charge in [-0.1, -0.05) is 5.16 Å². The van der Waals surface area contributed by atoms with Gasteiger partial charge in [-0.05, 0) is 26.7 Å². The topological polar surface area (TPSA) is 119 Å². The number of carbonyl (C=O) groups excluding carboxylic acids is 1. The molecule has 1 aliphatic rings. The molecule has 3 aromatic rings. The van der Waals surface area contributed by atoms with Crippen molar-refractivity contribution in [3.63, 3.8) is 0 Å². The highest BCUT2D eigenvalue weighted by Gasteiger charge is 2.38. The minimum absolute atomic E-state index is 0.0148. The van der Waals surface area contributed by atoms with E-state index in [-0.39, 0.29) is 18.0 Å².